The molecule has 1 atom stereocenters. The number of aromatic hydroxyl groups is 1. The van der Waals surface area contributed by atoms with Gasteiger partial charge in [0.1, 0.15) is 11.4 Å². The Morgan fingerprint density at radius 3 is 2.66 bits per heavy atom. The van der Waals surface area contributed by atoms with E-state index in [0.717, 1.165) is 7.11 Å². The Morgan fingerprint density at radius 2 is 1.97 bits per heavy atom. The number of Topliss-reactive ketones (excluding diaryl/α,β-unsaturated/α-hetero) is 1. The number of ketones is 1. The molecule has 0 aliphatic carbocycles. The van der Waals surface area contributed by atoms with Crippen molar-refractivity contribution in [1.29, 1.82) is 0 Å². The Balaban J connectivity index is 2.00. The van der Waals surface area contributed by atoms with Crippen molar-refractivity contribution in [2.24, 2.45) is 0 Å². The average Bonchev–Trinajstić information content (AvgIpc) is 2.68. The Hall–Kier alpha value is -3.72. The van der Waals surface area contributed by atoms with E-state index in [4.69, 9.17) is 11.6 Å². The van der Waals surface area contributed by atoms with Crippen LogP contribution in [0.3, 0.4) is 0 Å². The number of carbonyl (C=O) groups excluding carboxylic acids is 3. The van der Waals surface area contributed by atoms with Crippen LogP contribution in [-0.4, -0.2) is 39.8 Å². The highest BCUT2D eigenvalue weighted by atomic mass is 35.5. The van der Waals surface area contributed by atoms with Crippen molar-refractivity contribution in [2.75, 3.05) is 12.4 Å². The van der Waals surface area contributed by atoms with Gasteiger partial charge < -0.3 is 20.1 Å². The number of fused-ring (bicyclic) bond motifs is 1. The Labute approximate surface area is 168 Å². The summed E-state index contributed by atoms with van der Waals surface area (Å²) in [5.41, 5.74) is -0.635. The molecular formula is C19H14ClN3O6. The molecule has 10 heteroatoms. The molecule has 3 aromatic rings. The normalized spacial score (nSPS) is 11.7. The minimum absolute atomic E-state index is 0.127. The zero-order chi connectivity index (χ0) is 21.1. The molecule has 2 aromatic carbocycles. The second-order valence-electron chi connectivity index (χ2n) is 5.94. The fourth-order valence-corrected chi connectivity index (χ4v) is 2.81. The van der Waals surface area contributed by atoms with Crippen LogP contribution in [0.25, 0.3) is 11.0 Å². The van der Waals surface area contributed by atoms with Crippen LogP contribution in [0, 0.1) is 0 Å². The average molecular weight is 416 g/mol. The van der Waals surface area contributed by atoms with Gasteiger partial charge in [-0.2, -0.15) is 0 Å². The van der Waals surface area contributed by atoms with Gasteiger partial charge in [-0.25, -0.2) is 4.98 Å². The van der Waals surface area contributed by atoms with E-state index in [2.05, 4.69) is 20.0 Å². The lowest BCUT2D eigenvalue weighted by Crippen LogP contribution is -2.37. The molecule has 1 amide bonds. The second-order valence-corrected chi connectivity index (χ2v) is 6.37. The summed E-state index contributed by atoms with van der Waals surface area (Å²) in [6.45, 7) is 0. The maximum absolute atomic E-state index is 12.7. The first kappa shape index (κ1) is 20.0. The molecule has 9 nitrogen and oxygen atoms in total. The number of esters is 1. The number of ether oxygens (including phenoxy) is 1. The lowest BCUT2D eigenvalue weighted by molar-refractivity contribution is -0.148. The Morgan fingerprint density at radius 1 is 1.21 bits per heavy atom. The molecule has 3 N–H and O–H groups in total. The Bertz CT molecular complexity index is 1190. The fourth-order valence-electron chi connectivity index (χ4n) is 2.64. The van der Waals surface area contributed by atoms with Crippen LogP contribution in [0.2, 0.25) is 5.02 Å². The number of carbonyl (C=O) groups is 3. The molecule has 0 radical (unpaired) electrons. The highest BCUT2D eigenvalue weighted by Crippen LogP contribution is 2.20. The first-order valence-corrected chi connectivity index (χ1v) is 8.59. The number of methoxy groups -OCH3 is 1. The molecule has 29 heavy (non-hydrogen) atoms. The van der Waals surface area contributed by atoms with Crippen LogP contribution in [0.4, 0.5) is 5.69 Å². The number of nitrogens with one attached hydrogen (secondary N) is 2. The van der Waals surface area contributed by atoms with Gasteiger partial charge in [0.25, 0.3) is 11.5 Å². The van der Waals surface area contributed by atoms with Gasteiger partial charge in [-0.1, -0.05) is 17.7 Å². The fraction of sp³-hybridized carbons (Fsp3) is 0.105. The zero-order valence-corrected chi connectivity index (χ0v) is 15.7. The van der Waals surface area contributed by atoms with Gasteiger partial charge in [0.2, 0.25) is 5.78 Å². The number of phenolic OH excluding ortho intramolecular Hbond substituents is 1. The number of nitrogens with zero attached hydrogens (tertiary/aromatic N) is 1. The molecule has 0 spiro atoms. The van der Waals surface area contributed by atoms with Crippen LogP contribution < -0.4 is 10.9 Å². The summed E-state index contributed by atoms with van der Waals surface area (Å²) in [7, 11) is 1.02. The highest BCUT2D eigenvalue weighted by Gasteiger charge is 2.37. The number of hydrogen-bond donors (Lipinski definition) is 3. The number of benzene rings is 2. The molecule has 1 heterocycles. The number of aromatic nitrogens is 2. The molecule has 0 saturated carbocycles. The first-order valence-electron chi connectivity index (χ1n) is 8.21. The topological polar surface area (TPSA) is 138 Å². The molecule has 3 rings (SSSR count). The summed E-state index contributed by atoms with van der Waals surface area (Å²) in [6.07, 6.45) is 0. The van der Waals surface area contributed by atoms with E-state index >= 15 is 0 Å². The van der Waals surface area contributed by atoms with Crippen molar-refractivity contribution in [3.05, 3.63) is 63.5 Å². The number of phenols is 1. The van der Waals surface area contributed by atoms with Crippen LogP contribution in [-0.2, 0) is 19.1 Å². The van der Waals surface area contributed by atoms with Crippen molar-refractivity contribution in [1.82, 2.24) is 9.97 Å². The van der Waals surface area contributed by atoms with E-state index in [1.54, 1.807) is 0 Å². The van der Waals surface area contributed by atoms with Crippen LogP contribution in [0.5, 0.6) is 5.75 Å². The summed E-state index contributed by atoms with van der Waals surface area (Å²) in [6, 6.07) is 9.93. The van der Waals surface area contributed by atoms with E-state index < -0.39 is 34.8 Å². The summed E-state index contributed by atoms with van der Waals surface area (Å²) < 4.78 is 4.60. The van der Waals surface area contributed by atoms with Crippen LogP contribution in [0.1, 0.15) is 11.6 Å². The second kappa shape index (κ2) is 8.11. The SMILES string of the molecule is COC(=O)[C@@H](C(=O)C(=O)Nc1cccc(O)c1)c1nc2ccc(Cl)cc2[nH]c1=O. The molecule has 0 unspecified atom stereocenters. The maximum atomic E-state index is 12.7. The zero-order valence-electron chi connectivity index (χ0n) is 14.9. The number of anilines is 1. The van der Waals surface area contributed by atoms with E-state index in [9.17, 15) is 24.3 Å². The smallest absolute Gasteiger partial charge is 0.323 e. The number of amides is 1. The van der Waals surface area contributed by atoms with Crippen molar-refractivity contribution < 1.29 is 24.2 Å². The van der Waals surface area contributed by atoms with Crippen molar-refractivity contribution in [2.45, 2.75) is 5.92 Å². The molecule has 0 aliphatic heterocycles. The molecule has 0 saturated heterocycles. The third-order valence-electron chi connectivity index (χ3n) is 3.98. The number of hydrogen-bond acceptors (Lipinski definition) is 7. The molecule has 0 fully saturated rings. The lowest BCUT2D eigenvalue weighted by atomic mass is 9.99. The van der Waals surface area contributed by atoms with Crippen LogP contribution in [0.15, 0.2) is 47.3 Å². The van der Waals surface area contributed by atoms with E-state index in [1.165, 1.54) is 42.5 Å². The Kier molecular flexibility index (Phi) is 5.60. The molecule has 0 bridgehead atoms. The standard InChI is InChI=1S/C19H14ClN3O6/c1-29-19(28)14(16(25)18(27)21-10-3-2-4-11(24)8-10)15-17(26)23-13-7-9(20)5-6-12(13)22-15/h2-8,14,24H,1H3,(H,21,27)(H,23,26)/t14-/m1/s1. The lowest BCUT2D eigenvalue weighted by Gasteiger charge is -2.13. The van der Waals surface area contributed by atoms with Gasteiger partial charge >= 0.3 is 5.97 Å². The number of H-pyrrole nitrogens is 1. The van der Waals surface area contributed by atoms with Gasteiger partial charge in [-0.3, -0.25) is 19.2 Å². The summed E-state index contributed by atoms with van der Waals surface area (Å²) in [5, 5.41) is 12.1. The number of halogens is 1. The van der Waals surface area contributed by atoms with Gasteiger partial charge in [0.05, 0.1) is 18.1 Å². The molecular weight excluding hydrogens is 402 g/mol. The number of aromatic amines is 1. The summed E-state index contributed by atoms with van der Waals surface area (Å²) >= 11 is 5.88. The van der Waals surface area contributed by atoms with Gasteiger partial charge in [0, 0.05) is 16.8 Å². The first-order chi connectivity index (χ1) is 13.8. The third kappa shape index (κ3) is 4.25. The predicted octanol–water partition coefficient (Wildman–Crippen LogP) is 1.75. The predicted molar refractivity (Wildman–Crippen MR) is 104 cm³/mol. The van der Waals surface area contributed by atoms with Gasteiger partial charge in [0.15, 0.2) is 5.92 Å². The summed E-state index contributed by atoms with van der Waals surface area (Å²) in [4.78, 5) is 56.3. The highest BCUT2D eigenvalue weighted by molar-refractivity contribution is 6.45. The quantitative estimate of drug-likeness (QED) is 0.327. The van der Waals surface area contributed by atoms with E-state index in [-0.39, 0.29) is 17.0 Å². The molecule has 1 aromatic heterocycles. The van der Waals surface area contributed by atoms with Crippen molar-refractivity contribution in [3.8, 4) is 5.75 Å². The van der Waals surface area contributed by atoms with Gasteiger partial charge in [-0.05, 0) is 30.3 Å². The van der Waals surface area contributed by atoms with Crippen molar-refractivity contribution in [3.63, 3.8) is 0 Å². The molecule has 0 aliphatic rings. The maximum Gasteiger partial charge on any atom is 0.323 e. The molecule has 148 valence electrons. The third-order valence-corrected chi connectivity index (χ3v) is 4.22. The monoisotopic (exact) mass is 415 g/mol. The van der Waals surface area contributed by atoms with E-state index in [0.29, 0.717) is 10.5 Å². The van der Waals surface area contributed by atoms with Crippen LogP contribution >= 0.6 is 11.6 Å². The van der Waals surface area contributed by atoms with E-state index in [1.807, 2.05) is 0 Å². The van der Waals surface area contributed by atoms with Crippen molar-refractivity contribution >= 4 is 46.0 Å². The number of rotatable bonds is 5. The minimum Gasteiger partial charge on any atom is -0.508 e. The summed E-state index contributed by atoms with van der Waals surface area (Å²) in [5.74, 6) is -5.55. The minimum atomic E-state index is -1.87. The largest absolute Gasteiger partial charge is 0.508 e. The van der Waals surface area contributed by atoms with Gasteiger partial charge in [-0.15, -0.1) is 0 Å².